The zero-order valence-corrected chi connectivity index (χ0v) is 18.0. The first-order chi connectivity index (χ1) is 16.4. The maximum absolute atomic E-state index is 13.9. The van der Waals surface area contributed by atoms with E-state index in [1.165, 1.54) is 20.3 Å². The van der Waals surface area contributed by atoms with Gasteiger partial charge >= 0.3 is 6.03 Å². The van der Waals surface area contributed by atoms with Gasteiger partial charge in [0.2, 0.25) is 0 Å². The standard InChI is InChI=1S/C23H19F3N4O4/c1-32-14-7-12(8-15(9-14)33-2)27-23(31)28-22-16-10-13(3-6-20(16)29-30-22)34-11-17-18(24)4-5-19(25)21(17)26/h3-10H,11H2,1-2H3,(H3,27,28,29,30,31). The van der Waals surface area contributed by atoms with Gasteiger partial charge in [-0.3, -0.25) is 10.4 Å². The monoisotopic (exact) mass is 472 g/mol. The Hall–Kier alpha value is -4.41. The second-order valence-electron chi connectivity index (χ2n) is 7.07. The highest BCUT2D eigenvalue weighted by molar-refractivity contribution is 6.04. The number of aromatic amines is 1. The first-order valence-electron chi connectivity index (χ1n) is 9.92. The summed E-state index contributed by atoms with van der Waals surface area (Å²) in [7, 11) is 2.98. The third-order valence-corrected chi connectivity index (χ3v) is 4.90. The summed E-state index contributed by atoms with van der Waals surface area (Å²) in [5, 5.41) is 12.6. The number of fused-ring (bicyclic) bond motifs is 1. The Morgan fingerprint density at radius 2 is 1.62 bits per heavy atom. The van der Waals surface area contributed by atoms with E-state index in [2.05, 4.69) is 20.8 Å². The largest absolute Gasteiger partial charge is 0.497 e. The van der Waals surface area contributed by atoms with Crippen LogP contribution in [0.1, 0.15) is 5.56 Å². The Morgan fingerprint density at radius 1 is 0.912 bits per heavy atom. The van der Waals surface area contributed by atoms with E-state index in [1.54, 1.807) is 30.3 Å². The van der Waals surface area contributed by atoms with Gasteiger partial charge in [-0.25, -0.2) is 18.0 Å². The van der Waals surface area contributed by atoms with Crippen molar-refractivity contribution in [2.75, 3.05) is 24.9 Å². The molecule has 0 saturated carbocycles. The summed E-state index contributed by atoms with van der Waals surface area (Å²) in [5.41, 5.74) is 0.476. The fraction of sp³-hybridized carbons (Fsp3) is 0.130. The second kappa shape index (κ2) is 9.61. The van der Waals surface area contributed by atoms with Crippen LogP contribution in [0, 0.1) is 17.5 Å². The van der Waals surface area contributed by atoms with Gasteiger partial charge in [0.05, 0.1) is 25.3 Å². The number of carbonyl (C=O) groups excluding carboxylic acids is 1. The van der Waals surface area contributed by atoms with Crippen LogP contribution in [-0.2, 0) is 6.61 Å². The van der Waals surface area contributed by atoms with E-state index in [0.29, 0.717) is 34.2 Å². The first kappa shape index (κ1) is 22.8. The SMILES string of the molecule is COc1cc(NC(=O)Nc2n[nH]c3ccc(OCc4c(F)ccc(F)c4F)cc23)cc(OC)c1. The summed E-state index contributed by atoms with van der Waals surface area (Å²) < 4.78 is 56.9. The lowest BCUT2D eigenvalue weighted by atomic mass is 10.2. The summed E-state index contributed by atoms with van der Waals surface area (Å²) in [4.78, 5) is 12.5. The van der Waals surface area contributed by atoms with Crippen molar-refractivity contribution in [2.24, 2.45) is 0 Å². The average molecular weight is 472 g/mol. The van der Waals surface area contributed by atoms with Gasteiger partial charge in [0.25, 0.3) is 0 Å². The van der Waals surface area contributed by atoms with Gasteiger partial charge in [-0.05, 0) is 30.3 Å². The zero-order valence-electron chi connectivity index (χ0n) is 18.0. The van der Waals surface area contributed by atoms with Crippen molar-refractivity contribution >= 4 is 28.4 Å². The summed E-state index contributed by atoms with van der Waals surface area (Å²) in [6.07, 6.45) is 0. The molecule has 11 heteroatoms. The number of H-pyrrole nitrogens is 1. The molecule has 0 bridgehead atoms. The Labute approximate surface area is 191 Å². The lowest BCUT2D eigenvalue weighted by molar-refractivity contribution is 0.262. The van der Waals surface area contributed by atoms with Crippen LogP contribution in [0.25, 0.3) is 10.9 Å². The molecule has 3 N–H and O–H groups in total. The molecule has 34 heavy (non-hydrogen) atoms. The molecule has 0 spiro atoms. The third-order valence-electron chi connectivity index (χ3n) is 4.90. The van der Waals surface area contributed by atoms with Crippen LogP contribution >= 0.6 is 0 Å². The van der Waals surface area contributed by atoms with Crippen LogP contribution in [0.15, 0.2) is 48.5 Å². The van der Waals surface area contributed by atoms with E-state index < -0.39 is 35.7 Å². The van der Waals surface area contributed by atoms with Crippen molar-refractivity contribution in [3.05, 3.63) is 71.5 Å². The third kappa shape index (κ3) is 4.82. The number of halogens is 3. The van der Waals surface area contributed by atoms with Crippen LogP contribution in [0.5, 0.6) is 17.2 Å². The Kier molecular flexibility index (Phi) is 6.44. The van der Waals surface area contributed by atoms with E-state index in [4.69, 9.17) is 14.2 Å². The van der Waals surface area contributed by atoms with Gasteiger partial charge in [0, 0.05) is 29.3 Å². The molecule has 176 valence electrons. The minimum absolute atomic E-state index is 0.191. The highest BCUT2D eigenvalue weighted by atomic mass is 19.2. The summed E-state index contributed by atoms with van der Waals surface area (Å²) in [5.74, 6) is -1.99. The number of ether oxygens (including phenoxy) is 3. The molecule has 8 nitrogen and oxygen atoms in total. The van der Waals surface area contributed by atoms with Crippen molar-refractivity contribution in [2.45, 2.75) is 6.61 Å². The van der Waals surface area contributed by atoms with E-state index in [0.717, 1.165) is 6.07 Å². The summed E-state index contributed by atoms with van der Waals surface area (Å²) in [6, 6.07) is 10.5. The van der Waals surface area contributed by atoms with Gasteiger partial charge in [0.15, 0.2) is 17.5 Å². The quantitative estimate of drug-likeness (QED) is 0.321. The number of hydrogen-bond acceptors (Lipinski definition) is 5. The molecule has 3 aromatic carbocycles. The molecule has 4 aromatic rings. The highest BCUT2D eigenvalue weighted by Gasteiger charge is 2.16. The molecule has 0 unspecified atom stereocenters. The number of nitrogens with one attached hydrogen (secondary N) is 3. The van der Waals surface area contributed by atoms with Gasteiger partial charge in [0.1, 0.15) is 29.7 Å². The normalized spacial score (nSPS) is 10.7. The molecule has 1 heterocycles. The van der Waals surface area contributed by atoms with Gasteiger partial charge in [-0.2, -0.15) is 5.10 Å². The fourth-order valence-corrected chi connectivity index (χ4v) is 3.18. The summed E-state index contributed by atoms with van der Waals surface area (Å²) in [6.45, 7) is -0.528. The molecule has 0 saturated heterocycles. The number of anilines is 2. The number of benzene rings is 3. The van der Waals surface area contributed by atoms with Crippen molar-refractivity contribution in [3.63, 3.8) is 0 Å². The minimum Gasteiger partial charge on any atom is -0.497 e. The van der Waals surface area contributed by atoms with Crippen molar-refractivity contribution in [3.8, 4) is 17.2 Å². The van der Waals surface area contributed by atoms with E-state index >= 15 is 0 Å². The highest BCUT2D eigenvalue weighted by Crippen LogP contribution is 2.28. The zero-order chi connectivity index (χ0) is 24.2. The molecule has 1 aromatic heterocycles. The Balaban J connectivity index is 1.49. The first-order valence-corrected chi connectivity index (χ1v) is 9.92. The number of hydrogen-bond donors (Lipinski definition) is 3. The van der Waals surface area contributed by atoms with Crippen molar-refractivity contribution in [1.29, 1.82) is 0 Å². The van der Waals surface area contributed by atoms with Gasteiger partial charge < -0.3 is 19.5 Å². The lowest BCUT2D eigenvalue weighted by Crippen LogP contribution is -2.19. The van der Waals surface area contributed by atoms with Gasteiger partial charge in [-0.15, -0.1) is 0 Å². The molecule has 0 radical (unpaired) electrons. The maximum Gasteiger partial charge on any atom is 0.324 e. The summed E-state index contributed by atoms with van der Waals surface area (Å²) >= 11 is 0. The second-order valence-corrected chi connectivity index (χ2v) is 7.07. The Morgan fingerprint density at radius 3 is 2.32 bits per heavy atom. The fourth-order valence-electron chi connectivity index (χ4n) is 3.18. The number of rotatable bonds is 7. The molecule has 0 fully saturated rings. The van der Waals surface area contributed by atoms with E-state index in [9.17, 15) is 18.0 Å². The molecule has 2 amide bonds. The predicted octanol–water partition coefficient (Wildman–Crippen LogP) is 5.22. The topological polar surface area (TPSA) is 97.5 Å². The van der Waals surface area contributed by atoms with Crippen LogP contribution in [-0.4, -0.2) is 30.4 Å². The number of amides is 2. The number of carbonyl (C=O) groups is 1. The molecule has 0 aliphatic rings. The molecule has 0 aliphatic carbocycles. The number of aromatic nitrogens is 2. The van der Waals surface area contributed by atoms with Crippen molar-refractivity contribution in [1.82, 2.24) is 10.2 Å². The average Bonchev–Trinajstić information content (AvgIpc) is 3.22. The predicted molar refractivity (Wildman–Crippen MR) is 119 cm³/mol. The van der Waals surface area contributed by atoms with Crippen LogP contribution in [0.2, 0.25) is 0 Å². The maximum atomic E-state index is 13.9. The molecular weight excluding hydrogens is 453 g/mol. The van der Waals surface area contributed by atoms with E-state index in [-0.39, 0.29) is 11.6 Å². The van der Waals surface area contributed by atoms with Gasteiger partial charge in [-0.1, -0.05) is 0 Å². The molecule has 4 rings (SSSR count). The molecule has 0 aliphatic heterocycles. The molecular formula is C23H19F3N4O4. The van der Waals surface area contributed by atoms with Crippen LogP contribution < -0.4 is 24.8 Å². The van der Waals surface area contributed by atoms with Crippen LogP contribution in [0.3, 0.4) is 0 Å². The number of urea groups is 1. The Bertz CT molecular complexity index is 1340. The molecule has 0 atom stereocenters. The van der Waals surface area contributed by atoms with E-state index in [1.807, 2.05) is 0 Å². The number of methoxy groups -OCH3 is 2. The van der Waals surface area contributed by atoms with Crippen molar-refractivity contribution < 1.29 is 32.2 Å². The smallest absolute Gasteiger partial charge is 0.324 e. The number of nitrogens with zero attached hydrogens (tertiary/aromatic N) is 1. The van der Waals surface area contributed by atoms with Crippen LogP contribution in [0.4, 0.5) is 29.5 Å². The minimum atomic E-state index is -1.31. The lowest BCUT2D eigenvalue weighted by Gasteiger charge is -2.10.